The van der Waals surface area contributed by atoms with Crippen molar-refractivity contribution in [3.05, 3.63) is 0 Å². The number of amides is 1. The second-order valence-electron chi connectivity index (χ2n) is 3.36. The molecule has 0 saturated carbocycles. The fourth-order valence-electron chi connectivity index (χ4n) is 0.687. The van der Waals surface area contributed by atoms with Gasteiger partial charge in [0.1, 0.15) is 0 Å². The number of aliphatic hydroxyl groups is 1. The number of hydrogen-bond acceptors (Lipinski definition) is 3. The summed E-state index contributed by atoms with van der Waals surface area (Å²) in [4.78, 5) is 11.2. The summed E-state index contributed by atoms with van der Waals surface area (Å²) >= 11 is 0. The molecule has 2 atom stereocenters. The molecule has 1 amide bonds. The first-order chi connectivity index (χ1) is 5.49. The Morgan fingerprint density at radius 1 is 1.50 bits per heavy atom. The molecule has 0 saturated heterocycles. The average Bonchev–Trinajstić information content (AvgIpc) is 2.02. The molecule has 0 rings (SSSR count). The SMILES string of the molecule is CC(CO)NC(=O)C(N)C(C)C. The predicted molar refractivity (Wildman–Crippen MR) is 47.5 cm³/mol. The van der Waals surface area contributed by atoms with Gasteiger partial charge in [0.2, 0.25) is 5.91 Å². The van der Waals surface area contributed by atoms with E-state index >= 15 is 0 Å². The number of carbonyl (C=O) groups excluding carboxylic acids is 1. The Morgan fingerprint density at radius 3 is 2.33 bits per heavy atom. The number of nitrogens with one attached hydrogen (secondary N) is 1. The van der Waals surface area contributed by atoms with Gasteiger partial charge in [-0.05, 0) is 12.8 Å². The van der Waals surface area contributed by atoms with Crippen LogP contribution in [0.1, 0.15) is 20.8 Å². The van der Waals surface area contributed by atoms with E-state index in [1.807, 2.05) is 13.8 Å². The van der Waals surface area contributed by atoms with Crippen LogP contribution in [0.5, 0.6) is 0 Å². The number of nitrogens with two attached hydrogens (primary N) is 1. The molecule has 4 N–H and O–H groups in total. The summed E-state index contributed by atoms with van der Waals surface area (Å²) in [7, 11) is 0. The van der Waals surface area contributed by atoms with E-state index in [1.165, 1.54) is 0 Å². The minimum Gasteiger partial charge on any atom is -0.394 e. The fourth-order valence-corrected chi connectivity index (χ4v) is 0.687. The van der Waals surface area contributed by atoms with Gasteiger partial charge >= 0.3 is 0 Å². The molecular weight excluding hydrogens is 156 g/mol. The van der Waals surface area contributed by atoms with Gasteiger partial charge in [-0.15, -0.1) is 0 Å². The predicted octanol–water partition coefficient (Wildman–Crippen LogP) is -0.533. The Kier molecular flexibility index (Phi) is 4.85. The molecule has 0 aromatic heterocycles. The van der Waals surface area contributed by atoms with Gasteiger partial charge in [0.25, 0.3) is 0 Å². The molecule has 0 aromatic rings. The van der Waals surface area contributed by atoms with E-state index in [1.54, 1.807) is 6.92 Å². The first kappa shape index (κ1) is 11.4. The van der Waals surface area contributed by atoms with Crippen molar-refractivity contribution < 1.29 is 9.90 Å². The van der Waals surface area contributed by atoms with Crippen molar-refractivity contribution >= 4 is 5.91 Å². The molecule has 0 aliphatic heterocycles. The van der Waals surface area contributed by atoms with E-state index < -0.39 is 6.04 Å². The summed E-state index contributed by atoms with van der Waals surface area (Å²) in [5.74, 6) is -0.0811. The zero-order chi connectivity index (χ0) is 9.72. The third kappa shape index (κ3) is 3.69. The Hall–Kier alpha value is -0.610. The van der Waals surface area contributed by atoms with Crippen molar-refractivity contribution in [3.8, 4) is 0 Å². The minimum absolute atomic E-state index is 0.0590. The Bertz CT molecular complexity index is 148. The highest BCUT2D eigenvalue weighted by Gasteiger charge is 2.17. The molecule has 12 heavy (non-hydrogen) atoms. The molecule has 72 valence electrons. The van der Waals surface area contributed by atoms with Crippen LogP contribution in [0, 0.1) is 5.92 Å². The number of carbonyl (C=O) groups is 1. The van der Waals surface area contributed by atoms with E-state index in [0.29, 0.717) is 0 Å². The molecule has 4 heteroatoms. The lowest BCUT2D eigenvalue weighted by molar-refractivity contribution is -0.124. The van der Waals surface area contributed by atoms with Gasteiger partial charge in [-0.3, -0.25) is 4.79 Å². The van der Waals surface area contributed by atoms with Crippen molar-refractivity contribution in [1.29, 1.82) is 0 Å². The second-order valence-corrected chi connectivity index (χ2v) is 3.36. The van der Waals surface area contributed by atoms with Crippen LogP contribution in [-0.2, 0) is 4.79 Å². The van der Waals surface area contributed by atoms with Crippen molar-refractivity contribution in [2.75, 3.05) is 6.61 Å². The van der Waals surface area contributed by atoms with Gasteiger partial charge in [0.15, 0.2) is 0 Å². The molecule has 0 aliphatic carbocycles. The monoisotopic (exact) mass is 174 g/mol. The van der Waals surface area contributed by atoms with E-state index in [0.717, 1.165) is 0 Å². The van der Waals surface area contributed by atoms with E-state index in [9.17, 15) is 4.79 Å². The maximum Gasteiger partial charge on any atom is 0.237 e. The molecular formula is C8H18N2O2. The Morgan fingerprint density at radius 2 is 2.00 bits per heavy atom. The van der Waals surface area contributed by atoms with Crippen molar-refractivity contribution in [2.24, 2.45) is 11.7 Å². The van der Waals surface area contributed by atoms with Crippen molar-refractivity contribution in [3.63, 3.8) is 0 Å². The van der Waals surface area contributed by atoms with Gasteiger partial charge in [-0.2, -0.15) is 0 Å². The zero-order valence-electron chi connectivity index (χ0n) is 7.87. The van der Waals surface area contributed by atoms with E-state index in [-0.39, 0.29) is 24.5 Å². The molecule has 0 aromatic carbocycles. The highest BCUT2D eigenvalue weighted by Crippen LogP contribution is 1.98. The van der Waals surface area contributed by atoms with Crippen LogP contribution in [0.4, 0.5) is 0 Å². The van der Waals surface area contributed by atoms with Gasteiger partial charge in [-0.1, -0.05) is 13.8 Å². The number of aliphatic hydroxyl groups excluding tert-OH is 1. The largest absolute Gasteiger partial charge is 0.394 e. The molecule has 0 fully saturated rings. The molecule has 2 unspecified atom stereocenters. The van der Waals surface area contributed by atoms with Crippen molar-refractivity contribution in [2.45, 2.75) is 32.9 Å². The van der Waals surface area contributed by atoms with Crippen molar-refractivity contribution in [1.82, 2.24) is 5.32 Å². The zero-order valence-corrected chi connectivity index (χ0v) is 7.87. The summed E-state index contributed by atoms with van der Waals surface area (Å²) in [6, 6.07) is -0.707. The molecule has 0 aliphatic rings. The number of hydrogen-bond donors (Lipinski definition) is 3. The summed E-state index contributed by atoms with van der Waals surface area (Å²) in [5, 5.41) is 11.2. The molecule has 0 bridgehead atoms. The third-order valence-corrected chi connectivity index (χ3v) is 1.68. The van der Waals surface area contributed by atoms with Crippen LogP contribution in [0.15, 0.2) is 0 Å². The average molecular weight is 174 g/mol. The van der Waals surface area contributed by atoms with Crippen LogP contribution >= 0.6 is 0 Å². The quantitative estimate of drug-likeness (QED) is 0.536. The van der Waals surface area contributed by atoms with Crippen LogP contribution in [0.25, 0.3) is 0 Å². The normalized spacial score (nSPS) is 15.8. The van der Waals surface area contributed by atoms with Crippen LogP contribution < -0.4 is 11.1 Å². The third-order valence-electron chi connectivity index (χ3n) is 1.68. The van der Waals surface area contributed by atoms with Gasteiger partial charge in [-0.25, -0.2) is 0 Å². The standard InChI is InChI=1S/C8H18N2O2/c1-5(2)7(9)8(12)10-6(3)4-11/h5-7,11H,4,9H2,1-3H3,(H,10,12). The minimum atomic E-state index is -0.487. The highest BCUT2D eigenvalue weighted by atomic mass is 16.3. The van der Waals surface area contributed by atoms with E-state index in [4.69, 9.17) is 10.8 Å². The molecule has 4 nitrogen and oxygen atoms in total. The lowest BCUT2D eigenvalue weighted by Gasteiger charge is -2.18. The molecule has 0 heterocycles. The maximum atomic E-state index is 11.2. The first-order valence-electron chi connectivity index (χ1n) is 4.15. The smallest absolute Gasteiger partial charge is 0.237 e. The topological polar surface area (TPSA) is 75.3 Å². The maximum absolute atomic E-state index is 11.2. The lowest BCUT2D eigenvalue weighted by atomic mass is 10.0. The van der Waals surface area contributed by atoms with Crippen LogP contribution in [-0.4, -0.2) is 29.7 Å². The highest BCUT2D eigenvalue weighted by molar-refractivity contribution is 5.81. The number of rotatable bonds is 4. The lowest BCUT2D eigenvalue weighted by Crippen LogP contribution is -2.47. The van der Waals surface area contributed by atoms with Crippen LogP contribution in [0.3, 0.4) is 0 Å². The van der Waals surface area contributed by atoms with Gasteiger partial charge < -0.3 is 16.2 Å². The van der Waals surface area contributed by atoms with Gasteiger partial charge in [0, 0.05) is 6.04 Å². The molecule has 0 spiro atoms. The first-order valence-corrected chi connectivity index (χ1v) is 4.15. The summed E-state index contributed by atoms with van der Waals surface area (Å²) in [6.07, 6.45) is 0. The van der Waals surface area contributed by atoms with Gasteiger partial charge in [0.05, 0.1) is 12.6 Å². The molecule has 0 radical (unpaired) electrons. The Labute approximate surface area is 73.1 Å². The summed E-state index contributed by atoms with van der Waals surface area (Å²) in [6.45, 7) is 5.43. The van der Waals surface area contributed by atoms with Crippen LogP contribution in [0.2, 0.25) is 0 Å². The van der Waals surface area contributed by atoms with E-state index in [2.05, 4.69) is 5.32 Å². The summed E-state index contributed by atoms with van der Waals surface area (Å²) < 4.78 is 0. The Balaban J connectivity index is 3.87. The second kappa shape index (κ2) is 5.11. The summed E-state index contributed by atoms with van der Waals surface area (Å²) in [5.41, 5.74) is 5.57. The fraction of sp³-hybridized carbons (Fsp3) is 0.875.